The van der Waals surface area contributed by atoms with Gasteiger partial charge >= 0.3 is 10.3 Å². The summed E-state index contributed by atoms with van der Waals surface area (Å²) in [6.07, 6.45) is 8.02. The van der Waals surface area contributed by atoms with Gasteiger partial charge in [-0.2, -0.15) is 8.42 Å². The van der Waals surface area contributed by atoms with Crippen molar-refractivity contribution in [1.82, 2.24) is 4.31 Å². The lowest BCUT2D eigenvalue weighted by molar-refractivity contribution is 0.286. The Hall–Kier alpha value is -0.620. The van der Waals surface area contributed by atoms with Gasteiger partial charge in [0.1, 0.15) is 6.34 Å². The van der Waals surface area contributed by atoms with Gasteiger partial charge in [-0.3, -0.25) is 9.18 Å². The van der Waals surface area contributed by atoms with E-state index in [1.165, 1.54) is 25.6 Å². The van der Waals surface area contributed by atoms with Gasteiger partial charge < -0.3 is 0 Å². The van der Waals surface area contributed by atoms with Crippen LogP contribution in [0.25, 0.3) is 0 Å². The normalized spacial score (nSPS) is 15.7. The van der Waals surface area contributed by atoms with Crippen molar-refractivity contribution < 1.29 is 12.6 Å². The molecule has 1 heterocycles. The molecule has 0 fully saturated rings. The molecule has 0 N–H and O–H groups in total. The Balaban J connectivity index is 2.07. The van der Waals surface area contributed by atoms with E-state index >= 15 is 0 Å². The smallest absolute Gasteiger partial charge is 0.273 e. The molecule has 0 radical (unpaired) electrons. The highest BCUT2D eigenvalue weighted by Gasteiger charge is 2.21. The quantitative estimate of drug-likeness (QED) is 0.597. The second kappa shape index (κ2) is 7.66. The number of aliphatic imine (C=N–C) groups is 1. The molecular weight excluding hydrogens is 240 g/mol. The summed E-state index contributed by atoms with van der Waals surface area (Å²) in [5.41, 5.74) is 0. The summed E-state index contributed by atoms with van der Waals surface area (Å²) < 4.78 is 29.2. The molecule has 0 aromatic rings. The van der Waals surface area contributed by atoms with Crippen molar-refractivity contribution >= 4 is 16.6 Å². The molecule has 1 rings (SSSR count). The van der Waals surface area contributed by atoms with E-state index in [0.29, 0.717) is 13.1 Å². The van der Waals surface area contributed by atoms with Crippen LogP contribution in [0.2, 0.25) is 0 Å². The summed E-state index contributed by atoms with van der Waals surface area (Å²) in [6, 6.07) is 0. The van der Waals surface area contributed by atoms with Crippen LogP contribution in [0.15, 0.2) is 4.99 Å². The van der Waals surface area contributed by atoms with Gasteiger partial charge in [0.05, 0.1) is 19.7 Å². The van der Waals surface area contributed by atoms with Gasteiger partial charge in [0.15, 0.2) is 0 Å². The van der Waals surface area contributed by atoms with Crippen LogP contribution in [-0.4, -0.2) is 38.8 Å². The maximum Gasteiger partial charge on any atom is 0.363 e. The first-order valence-electron chi connectivity index (χ1n) is 6.33. The SMILES string of the molecule is CCCCCCCCOS(=O)(=O)N1C=NCC1. The van der Waals surface area contributed by atoms with Gasteiger partial charge in [-0.25, -0.2) is 4.31 Å². The van der Waals surface area contributed by atoms with Crippen molar-refractivity contribution in [2.24, 2.45) is 4.99 Å². The lowest BCUT2D eigenvalue weighted by atomic mass is 10.1. The van der Waals surface area contributed by atoms with Crippen LogP contribution in [-0.2, 0) is 14.5 Å². The molecule has 0 aliphatic carbocycles. The second-order valence-electron chi connectivity index (χ2n) is 4.18. The molecule has 0 bridgehead atoms. The van der Waals surface area contributed by atoms with E-state index in [9.17, 15) is 8.42 Å². The standard InChI is InChI=1S/C11H22N2O3S/c1-2-3-4-5-6-7-10-16-17(14,15)13-9-8-12-11-13/h11H,2-10H2,1H3. The second-order valence-corrected chi connectivity index (χ2v) is 5.74. The zero-order valence-electron chi connectivity index (χ0n) is 10.5. The average Bonchev–Trinajstić information content (AvgIpc) is 2.82. The first-order chi connectivity index (χ1) is 8.17. The van der Waals surface area contributed by atoms with Crippen LogP contribution in [0.4, 0.5) is 0 Å². The van der Waals surface area contributed by atoms with Gasteiger partial charge in [-0.15, -0.1) is 0 Å². The molecule has 0 saturated heterocycles. The van der Waals surface area contributed by atoms with Crippen molar-refractivity contribution in [2.45, 2.75) is 45.4 Å². The van der Waals surface area contributed by atoms with Gasteiger partial charge in [0.2, 0.25) is 0 Å². The van der Waals surface area contributed by atoms with Gasteiger partial charge in [0.25, 0.3) is 0 Å². The summed E-state index contributed by atoms with van der Waals surface area (Å²) >= 11 is 0. The Bertz CT molecular complexity index is 328. The molecule has 1 aliphatic rings. The first kappa shape index (κ1) is 14.4. The maximum absolute atomic E-state index is 11.6. The fourth-order valence-electron chi connectivity index (χ4n) is 1.65. The zero-order valence-corrected chi connectivity index (χ0v) is 11.3. The Morgan fingerprint density at radius 1 is 1.24 bits per heavy atom. The van der Waals surface area contributed by atoms with Gasteiger partial charge in [-0.1, -0.05) is 39.0 Å². The van der Waals surface area contributed by atoms with Crippen molar-refractivity contribution in [3.8, 4) is 0 Å². The number of nitrogens with zero attached hydrogens (tertiary/aromatic N) is 2. The lowest BCUT2D eigenvalue weighted by Crippen LogP contribution is -2.30. The number of hydrogen-bond donors (Lipinski definition) is 0. The topological polar surface area (TPSA) is 59.0 Å². The number of rotatable bonds is 9. The lowest BCUT2D eigenvalue weighted by Gasteiger charge is -2.13. The highest BCUT2D eigenvalue weighted by Crippen LogP contribution is 2.08. The van der Waals surface area contributed by atoms with Crippen molar-refractivity contribution in [1.29, 1.82) is 0 Å². The van der Waals surface area contributed by atoms with Crippen LogP contribution in [0.3, 0.4) is 0 Å². The van der Waals surface area contributed by atoms with E-state index in [-0.39, 0.29) is 6.61 Å². The molecule has 0 amide bonds. The predicted octanol–water partition coefficient (Wildman–Crippen LogP) is 1.95. The van der Waals surface area contributed by atoms with Crippen molar-refractivity contribution in [3.05, 3.63) is 0 Å². The van der Waals surface area contributed by atoms with Crippen LogP contribution in [0.1, 0.15) is 45.4 Å². The van der Waals surface area contributed by atoms with Crippen LogP contribution < -0.4 is 0 Å². The van der Waals surface area contributed by atoms with E-state index in [1.54, 1.807) is 0 Å². The summed E-state index contributed by atoms with van der Waals surface area (Å²) in [6.45, 7) is 3.38. The minimum absolute atomic E-state index is 0.277. The molecule has 6 heteroatoms. The number of hydrogen-bond acceptors (Lipinski definition) is 4. The Morgan fingerprint density at radius 2 is 1.94 bits per heavy atom. The highest BCUT2D eigenvalue weighted by molar-refractivity contribution is 7.84. The third-order valence-electron chi connectivity index (χ3n) is 2.68. The fourth-order valence-corrected chi connectivity index (χ4v) is 2.60. The maximum atomic E-state index is 11.6. The van der Waals surface area contributed by atoms with E-state index in [2.05, 4.69) is 11.9 Å². The number of unbranched alkanes of at least 4 members (excludes halogenated alkanes) is 5. The third-order valence-corrected chi connectivity index (χ3v) is 3.99. The van der Waals surface area contributed by atoms with E-state index in [1.807, 2.05) is 0 Å². The third kappa shape index (κ3) is 5.50. The Labute approximate surface area is 104 Å². The molecule has 0 aromatic heterocycles. The molecular formula is C11H22N2O3S. The average molecular weight is 262 g/mol. The molecule has 0 aromatic carbocycles. The molecule has 0 unspecified atom stereocenters. The van der Waals surface area contributed by atoms with Gasteiger partial charge in [-0.05, 0) is 6.42 Å². The van der Waals surface area contributed by atoms with E-state index in [4.69, 9.17) is 4.18 Å². The van der Waals surface area contributed by atoms with E-state index in [0.717, 1.165) is 23.6 Å². The Morgan fingerprint density at radius 3 is 2.59 bits per heavy atom. The molecule has 0 spiro atoms. The monoisotopic (exact) mass is 262 g/mol. The summed E-state index contributed by atoms with van der Waals surface area (Å²) in [5, 5.41) is 0. The molecule has 5 nitrogen and oxygen atoms in total. The fraction of sp³-hybridized carbons (Fsp3) is 0.909. The molecule has 17 heavy (non-hydrogen) atoms. The predicted molar refractivity (Wildman–Crippen MR) is 68.3 cm³/mol. The Kier molecular flexibility index (Phi) is 6.50. The molecule has 100 valence electrons. The minimum Gasteiger partial charge on any atom is -0.273 e. The summed E-state index contributed by atoms with van der Waals surface area (Å²) in [5.74, 6) is 0. The van der Waals surface area contributed by atoms with Gasteiger partial charge in [0, 0.05) is 0 Å². The molecule has 0 saturated carbocycles. The summed E-state index contributed by atoms with van der Waals surface area (Å²) in [7, 11) is -3.57. The van der Waals surface area contributed by atoms with Crippen LogP contribution in [0, 0.1) is 0 Å². The van der Waals surface area contributed by atoms with Crippen molar-refractivity contribution in [3.63, 3.8) is 0 Å². The minimum atomic E-state index is -3.57. The first-order valence-corrected chi connectivity index (χ1v) is 7.69. The largest absolute Gasteiger partial charge is 0.363 e. The van der Waals surface area contributed by atoms with E-state index < -0.39 is 10.3 Å². The van der Waals surface area contributed by atoms with Crippen molar-refractivity contribution in [2.75, 3.05) is 19.7 Å². The zero-order chi connectivity index (χ0) is 12.6. The van der Waals surface area contributed by atoms with Crippen LogP contribution in [0.5, 0.6) is 0 Å². The molecule has 1 aliphatic heterocycles. The molecule has 0 atom stereocenters. The highest BCUT2D eigenvalue weighted by atomic mass is 32.2. The summed E-state index contributed by atoms with van der Waals surface area (Å²) in [4.78, 5) is 3.85. The van der Waals surface area contributed by atoms with Crippen LogP contribution >= 0.6 is 0 Å².